The van der Waals surface area contributed by atoms with E-state index in [0.717, 1.165) is 64.2 Å². The Morgan fingerprint density at radius 2 is 1.27 bits per heavy atom. The maximum atomic E-state index is 12.9. The number of Topliss-reactive ketones (excluding diaryl/α,β-unsaturated/α-hetero) is 1. The van der Waals surface area contributed by atoms with Crippen LogP contribution >= 0.6 is 12.4 Å². The summed E-state index contributed by atoms with van der Waals surface area (Å²) >= 11 is 0. The van der Waals surface area contributed by atoms with Gasteiger partial charge in [-0.05, 0) is 49.3 Å². The van der Waals surface area contributed by atoms with E-state index in [9.17, 15) is 14.4 Å². The van der Waals surface area contributed by atoms with Crippen LogP contribution in [0.3, 0.4) is 0 Å². The van der Waals surface area contributed by atoms with Gasteiger partial charge < -0.3 is 15.2 Å². The van der Waals surface area contributed by atoms with E-state index in [0.29, 0.717) is 5.56 Å². The second kappa shape index (κ2) is 12.0. The molecule has 0 saturated heterocycles. The van der Waals surface area contributed by atoms with Crippen molar-refractivity contribution in [3.63, 3.8) is 0 Å². The lowest BCUT2D eigenvalue weighted by atomic mass is 9.83. The Kier molecular flexibility index (Phi) is 9.92. The monoisotopic (exact) mass is 479 g/mol. The molecule has 0 aliphatic heterocycles. The Morgan fingerprint density at radius 3 is 1.73 bits per heavy atom. The number of esters is 2. The maximum absolute atomic E-state index is 12.9. The normalized spacial score (nSPS) is 18.7. The molecule has 2 saturated carbocycles. The number of rotatable bonds is 6. The van der Waals surface area contributed by atoms with Crippen molar-refractivity contribution >= 4 is 30.1 Å². The highest BCUT2D eigenvalue weighted by Crippen LogP contribution is 2.34. The van der Waals surface area contributed by atoms with Crippen molar-refractivity contribution in [1.82, 2.24) is 0 Å². The third-order valence-electron chi connectivity index (χ3n) is 6.74. The van der Waals surface area contributed by atoms with Crippen LogP contribution in [-0.2, 0) is 9.59 Å². The molecular formula is C26H38ClNO5. The summed E-state index contributed by atoms with van der Waals surface area (Å²) in [5.74, 6) is -0.863. The van der Waals surface area contributed by atoms with Gasteiger partial charge >= 0.3 is 11.9 Å². The smallest absolute Gasteiger partial charge is 0.314 e. The van der Waals surface area contributed by atoms with Gasteiger partial charge in [-0.3, -0.25) is 14.4 Å². The van der Waals surface area contributed by atoms with Crippen molar-refractivity contribution in [2.24, 2.45) is 23.0 Å². The van der Waals surface area contributed by atoms with Gasteiger partial charge in [0, 0.05) is 5.56 Å². The quantitative estimate of drug-likeness (QED) is 0.322. The first-order chi connectivity index (χ1) is 15.2. The summed E-state index contributed by atoms with van der Waals surface area (Å²) < 4.78 is 11.4. The van der Waals surface area contributed by atoms with Crippen molar-refractivity contribution < 1.29 is 23.9 Å². The number of halogens is 1. The molecule has 33 heavy (non-hydrogen) atoms. The third-order valence-corrected chi connectivity index (χ3v) is 6.74. The first-order valence-corrected chi connectivity index (χ1v) is 12.0. The topological polar surface area (TPSA) is 95.7 Å². The molecular weight excluding hydrogens is 442 g/mol. The molecule has 2 aliphatic rings. The minimum atomic E-state index is -0.708. The summed E-state index contributed by atoms with van der Waals surface area (Å²) in [6, 6.07) is 3.93. The molecule has 1 atom stereocenters. The van der Waals surface area contributed by atoms with E-state index in [4.69, 9.17) is 15.2 Å². The number of benzene rings is 1. The lowest BCUT2D eigenvalue weighted by molar-refractivity contribution is -0.142. The maximum Gasteiger partial charge on any atom is 0.314 e. The third kappa shape index (κ3) is 7.28. The van der Waals surface area contributed by atoms with Crippen LogP contribution < -0.4 is 15.2 Å². The summed E-state index contributed by atoms with van der Waals surface area (Å²) in [5, 5.41) is 0. The Labute approximate surface area is 203 Å². The number of carbonyl (C=O) groups excluding carboxylic acids is 3. The summed E-state index contributed by atoms with van der Waals surface area (Å²) in [7, 11) is 0. The average molecular weight is 480 g/mol. The van der Waals surface area contributed by atoms with E-state index in [-0.39, 0.29) is 53.5 Å². The van der Waals surface area contributed by atoms with Crippen LogP contribution in [0.1, 0.15) is 95.3 Å². The fourth-order valence-electron chi connectivity index (χ4n) is 4.46. The van der Waals surface area contributed by atoms with E-state index in [2.05, 4.69) is 0 Å². The molecule has 3 rings (SSSR count). The second-order valence-electron chi connectivity index (χ2n) is 10.4. The molecule has 2 N–H and O–H groups in total. The predicted molar refractivity (Wildman–Crippen MR) is 130 cm³/mol. The highest BCUT2D eigenvalue weighted by molar-refractivity contribution is 6.01. The number of carbonyl (C=O) groups is 3. The molecule has 0 radical (unpaired) electrons. The van der Waals surface area contributed by atoms with Gasteiger partial charge in [-0.2, -0.15) is 0 Å². The molecule has 184 valence electrons. The fraction of sp³-hybridized carbons (Fsp3) is 0.654. The Morgan fingerprint density at radius 1 is 0.818 bits per heavy atom. The SMILES string of the molecule is CC(C)(C)C(N)C(=O)c1ccc(OC(=O)C2CCCCC2)c(OC(=O)C2CCCCC2)c1.Cl. The van der Waals surface area contributed by atoms with Gasteiger partial charge in [-0.25, -0.2) is 0 Å². The summed E-state index contributed by atoms with van der Waals surface area (Å²) in [5.41, 5.74) is 6.10. The van der Waals surface area contributed by atoms with Gasteiger partial charge in [-0.1, -0.05) is 59.3 Å². The summed E-state index contributed by atoms with van der Waals surface area (Å²) in [4.78, 5) is 38.5. The highest BCUT2D eigenvalue weighted by atomic mass is 35.5. The minimum absolute atomic E-state index is 0. The molecule has 7 heteroatoms. The highest BCUT2D eigenvalue weighted by Gasteiger charge is 2.31. The van der Waals surface area contributed by atoms with Gasteiger partial charge in [0.05, 0.1) is 17.9 Å². The molecule has 6 nitrogen and oxygen atoms in total. The van der Waals surface area contributed by atoms with Crippen molar-refractivity contribution in [2.45, 2.75) is 91.0 Å². The lowest BCUT2D eigenvalue weighted by Crippen LogP contribution is -2.42. The van der Waals surface area contributed by atoms with Crippen LogP contribution in [0.25, 0.3) is 0 Å². The van der Waals surface area contributed by atoms with Crippen molar-refractivity contribution in [3.8, 4) is 11.5 Å². The number of hydrogen-bond acceptors (Lipinski definition) is 6. The molecule has 0 aromatic heterocycles. The zero-order valence-electron chi connectivity index (χ0n) is 20.1. The molecule has 0 amide bonds. The molecule has 1 unspecified atom stereocenters. The van der Waals surface area contributed by atoms with Crippen LogP contribution in [0, 0.1) is 17.3 Å². The zero-order valence-corrected chi connectivity index (χ0v) is 20.9. The van der Waals surface area contributed by atoms with Crippen molar-refractivity contribution in [2.75, 3.05) is 0 Å². The lowest BCUT2D eigenvalue weighted by Gasteiger charge is -2.26. The van der Waals surface area contributed by atoms with E-state index in [1.165, 1.54) is 6.07 Å². The first-order valence-electron chi connectivity index (χ1n) is 12.0. The van der Waals surface area contributed by atoms with E-state index in [1.807, 2.05) is 20.8 Å². The number of hydrogen-bond donors (Lipinski definition) is 1. The van der Waals surface area contributed by atoms with Crippen LogP contribution in [0.2, 0.25) is 0 Å². The van der Waals surface area contributed by atoms with E-state index in [1.54, 1.807) is 12.1 Å². The number of nitrogens with two attached hydrogens (primary N) is 1. The largest absolute Gasteiger partial charge is 0.422 e. The molecule has 0 bridgehead atoms. The minimum Gasteiger partial charge on any atom is -0.422 e. The fourth-order valence-corrected chi connectivity index (χ4v) is 4.46. The molecule has 0 heterocycles. The Balaban J connectivity index is 0.00000385. The molecule has 0 spiro atoms. The second-order valence-corrected chi connectivity index (χ2v) is 10.4. The zero-order chi connectivity index (χ0) is 23.3. The number of ketones is 1. The Bertz CT molecular complexity index is 836. The first kappa shape index (κ1) is 27.3. The van der Waals surface area contributed by atoms with Crippen LogP contribution in [0.5, 0.6) is 11.5 Å². The summed E-state index contributed by atoms with van der Waals surface area (Å²) in [6.07, 6.45) is 9.52. The predicted octanol–water partition coefficient (Wildman–Crippen LogP) is 5.64. The van der Waals surface area contributed by atoms with Gasteiger partial charge in [-0.15, -0.1) is 12.4 Å². The van der Waals surface area contributed by atoms with Gasteiger partial charge in [0.1, 0.15) is 0 Å². The Hall–Kier alpha value is -1.92. The van der Waals surface area contributed by atoms with Crippen molar-refractivity contribution in [1.29, 1.82) is 0 Å². The van der Waals surface area contributed by atoms with Crippen LogP contribution in [-0.4, -0.2) is 23.8 Å². The average Bonchev–Trinajstić information content (AvgIpc) is 2.79. The van der Waals surface area contributed by atoms with Gasteiger partial charge in [0.25, 0.3) is 0 Å². The van der Waals surface area contributed by atoms with Crippen molar-refractivity contribution in [3.05, 3.63) is 23.8 Å². The molecule has 2 aliphatic carbocycles. The molecule has 2 fully saturated rings. The van der Waals surface area contributed by atoms with Crippen LogP contribution in [0.15, 0.2) is 18.2 Å². The van der Waals surface area contributed by atoms with Gasteiger partial charge in [0.15, 0.2) is 17.3 Å². The van der Waals surface area contributed by atoms with Gasteiger partial charge in [0.2, 0.25) is 0 Å². The number of ether oxygens (including phenoxy) is 2. The molecule has 1 aromatic carbocycles. The van der Waals surface area contributed by atoms with E-state index >= 15 is 0 Å². The standard InChI is InChI=1S/C26H37NO5.ClH/c1-26(2,3)23(27)22(28)19-14-15-20(31-24(29)17-10-6-4-7-11-17)21(16-19)32-25(30)18-12-8-5-9-13-18;/h14-18,23H,4-13,27H2,1-3H3;1H. The van der Waals surface area contributed by atoms with E-state index < -0.39 is 11.5 Å². The summed E-state index contributed by atoms with van der Waals surface area (Å²) in [6.45, 7) is 5.71. The molecule has 1 aromatic rings. The van der Waals surface area contributed by atoms with Crippen LogP contribution in [0.4, 0.5) is 0 Å².